The standard InChI is InChI=1S/C29H48O2/c1-19(2)8-7-9-20(3)25-12-13-26-24-11-10-22-18-23(31-21(4)30)14-16-28(22,5)27(24)15-17-29(25,26)6/h10,19-20,23-27H,7-9,11-18H2,1-6H3/t20-,23-,24+,25-,26+,27+,28+,29-/m1/s1. The Kier molecular flexibility index (Phi) is 6.68. The summed E-state index contributed by atoms with van der Waals surface area (Å²) in [7, 11) is 0. The van der Waals surface area contributed by atoms with Crippen LogP contribution in [0.1, 0.15) is 112 Å². The minimum atomic E-state index is -0.115. The zero-order valence-corrected chi connectivity index (χ0v) is 21.2. The van der Waals surface area contributed by atoms with Crippen molar-refractivity contribution in [2.24, 2.45) is 46.3 Å². The van der Waals surface area contributed by atoms with Gasteiger partial charge in [-0.05, 0) is 91.3 Å². The van der Waals surface area contributed by atoms with Gasteiger partial charge < -0.3 is 4.74 Å². The summed E-state index contributed by atoms with van der Waals surface area (Å²) in [6.07, 6.45) is 17.2. The van der Waals surface area contributed by atoms with Crippen LogP contribution >= 0.6 is 0 Å². The molecule has 0 bridgehead atoms. The third-order valence-electron chi connectivity index (χ3n) is 10.6. The molecule has 0 aromatic heterocycles. The monoisotopic (exact) mass is 428 g/mol. The predicted molar refractivity (Wildman–Crippen MR) is 129 cm³/mol. The van der Waals surface area contributed by atoms with Crippen molar-refractivity contribution < 1.29 is 9.53 Å². The van der Waals surface area contributed by atoms with Gasteiger partial charge in [-0.25, -0.2) is 0 Å². The number of esters is 1. The molecule has 4 aliphatic rings. The lowest BCUT2D eigenvalue weighted by atomic mass is 9.47. The fourth-order valence-corrected chi connectivity index (χ4v) is 8.99. The van der Waals surface area contributed by atoms with Crippen LogP contribution < -0.4 is 0 Å². The molecule has 0 heterocycles. The molecule has 4 aliphatic carbocycles. The fourth-order valence-electron chi connectivity index (χ4n) is 8.99. The van der Waals surface area contributed by atoms with Gasteiger partial charge in [0.15, 0.2) is 0 Å². The zero-order chi connectivity index (χ0) is 22.4. The van der Waals surface area contributed by atoms with Crippen LogP contribution in [0.3, 0.4) is 0 Å². The minimum Gasteiger partial charge on any atom is -0.462 e. The molecule has 31 heavy (non-hydrogen) atoms. The Hall–Kier alpha value is -0.790. The molecule has 0 unspecified atom stereocenters. The Morgan fingerprint density at radius 1 is 1.06 bits per heavy atom. The lowest BCUT2D eigenvalue weighted by molar-refractivity contribution is -0.148. The second-order valence-electron chi connectivity index (χ2n) is 12.8. The van der Waals surface area contributed by atoms with E-state index in [0.717, 1.165) is 48.3 Å². The highest BCUT2D eigenvalue weighted by molar-refractivity contribution is 5.66. The van der Waals surface area contributed by atoms with Crippen LogP contribution in [0.15, 0.2) is 11.6 Å². The Bertz CT molecular complexity index is 693. The Morgan fingerprint density at radius 2 is 1.84 bits per heavy atom. The summed E-state index contributed by atoms with van der Waals surface area (Å²) >= 11 is 0. The molecule has 2 heteroatoms. The van der Waals surface area contributed by atoms with Crippen LogP contribution in [0.4, 0.5) is 0 Å². The summed E-state index contributed by atoms with van der Waals surface area (Å²) in [4.78, 5) is 11.5. The van der Waals surface area contributed by atoms with Crippen molar-refractivity contribution in [3.8, 4) is 0 Å². The SMILES string of the molecule is CC(=O)O[C@@H]1CC[C@@]2(C)C(=CC[C@H]3[C@@H]4CC[C@H]([C@H](C)CCCC(C)C)[C@@]4(C)CC[C@@H]32)C1. The van der Waals surface area contributed by atoms with Crippen LogP contribution in [-0.4, -0.2) is 12.1 Å². The van der Waals surface area contributed by atoms with Crippen LogP contribution in [0.25, 0.3) is 0 Å². The van der Waals surface area contributed by atoms with Crippen molar-refractivity contribution in [3.05, 3.63) is 11.6 Å². The van der Waals surface area contributed by atoms with Crippen LogP contribution in [0, 0.1) is 46.3 Å². The maximum absolute atomic E-state index is 11.5. The molecular weight excluding hydrogens is 380 g/mol. The summed E-state index contributed by atoms with van der Waals surface area (Å²) in [6, 6.07) is 0. The fraction of sp³-hybridized carbons (Fsp3) is 0.897. The van der Waals surface area contributed by atoms with Crippen molar-refractivity contribution in [2.75, 3.05) is 0 Å². The molecule has 0 amide bonds. The van der Waals surface area contributed by atoms with Gasteiger partial charge in [-0.2, -0.15) is 0 Å². The van der Waals surface area contributed by atoms with Crippen molar-refractivity contribution in [2.45, 2.75) is 118 Å². The number of carbonyl (C=O) groups excluding carboxylic acids is 1. The number of fused-ring (bicyclic) bond motifs is 5. The third-order valence-corrected chi connectivity index (χ3v) is 10.6. The van der Waals surface area contributed by atoms with Crippen molar-refractivity contribution in [1.82, 2.24) is 0 Å². The summed E-state index contributed by atoms with van der Waals surface area (Å²) in [6.45, 7) is 14.1. The van der Waals surface area contributed by atoms with Gasteiger partial charge in [-0.15, -0.1) is 0 Å². The van der Waals surface area contributed by atoms with E-state index in [4.69, 9.17) is 4.74 Å². The van der Waals surface area contributed by atoms with Crippen molar-refractivity contribution in [1.29, 1.82) is 0 Å². The molecule has 0 aliphatic heterocycles. The van der Waals surface area contributed by atoms with Gasteiger partial charge in [0.2, 0.25) is 0 Å². The number of hydrogen-bond acceptors (Lipinski definition) is 2. The first-order valence-corrected chi connectivity index (χ1v) is 13.5. The van der Waals surface area contributed by atoms with Crippen LogP contribution in [-0.2, 0) is 9.53 Å². The van der Waals surface area contributed by atoms with Gasteiger partial charge in [-0.3, -0.25) is 4.79 Å². The largest absolute Gasteiger partial charge is 0.462 e. The van der Waals surface area contributed by atoms with Crippen molar-refractivity contribution in [3.63, 3.8) is 0 Å². The quantitative estimate of drug-likeness (QED) is 0.317. The normalized spacial score (nSPS) is 42.9. The molecule has 0 radical (unpaired) electrons. The van der Waals surface area contributed by atoms with E-state index in [0.29, 0.717) is 10.8 Å². The number of carbonyl (C=O) groups is 1. The lowest BCUT2D eigenvalue weighted by Gasteiger charge is -2.58. The molecule has 2 nitrogen and oxygen atoms in total. The first-order valence-electron chi connectivity index (χ1n) is 13.5. The van der Waals surface area contributed by atoms with E-state index in [2.05, 4.69) is 40.7 Å². The van der Waals surface area contributed by atoms with E-state index in [1.807, 2.05) is 0 Å². The maximum Gasteiger partial charge on any atom is 0.302 e. The topological polar surface area (TPSA) is 26.3 Å². The molecule has 4 rings (SSSR count). The molecule has 0 aromatic carbocycles. The first kappa shape index (κ1) is 23.4. The summed E-state index contributed by atoms with van der Waals surface area (Å²) in [5, 5.41) is 0. The number of ether oxygens (including phenoxy) is 1. The highest BCUT2D eigenvalue weighted by atomic mass is 16.5. The summed E-state index contributed by atoms with van der Waals surface area (Å²) < 4.78 is 5.61. The van der Waals surface area contributed by atoms with Gasteiger partial charge in [0.25, 0.3) is 0 Å². The molecule has 3 saturated carbocycles. The Balaban J connectivity index is 1.47. The highest BCUT2D eigenvalue weighted by Crippen LogP contribution is 2.67. The number of allylic oxidation sites excluding steroid dienone is 1. The van der Waals surface area contributed by atoms with Gasteiger partial charge in [-0.1, -0.05) is 65.5 Å². The molecular formula is C29H48O2. The van der Waals surface area contributed by atoms with Gasteiger partial charge in [0.05, 0.1) is 0 Å². The molecule has 176 valence electrons. The van der Waals surface area contributed by atoms with Crippen molar-refractivity contribution >= 4 is 5.97 Å². The van der Waals surface area contributed by atoms with Gasteiger partial charge in [0.1, 0.15) is 6.10 Å². The summed E-state index contributed by atoms with van der Waals surface area (Å²) in [5.74, 6) is 5.19. The molecule has 3 fully saturated rings. The van der Waals surface area contributed by atoms with E-state index in [1.165, 1.54) is 57.8 Å². The molecule has 0 spiro atoms. The van der Waals surface area contributed by atoms with E-state index in [9.17, 15) is 4.79 Å². The molecule has 0 N–H and O–H groups in total. The molecule has 0 aromatic rings. The smallest absolute Gasteiger partial charge is 0.302 e. The third kappa shape index (κ3) is 4.26. The summed E-state index contributed by atoms with van der Waals surface area (Å²) in [5.41, 5.74) is 2.53. The average Bonchev–Trinajstić information content (AvgIpc) is 3.05. The van der Waals surface area contributed by atoms with E-state index in [-0.39, 0.29) is 12.1 Å². The van der Waals surface area contributed by atoms with E-state index in [1.54, 1.807) is 12.5 Å². The van der Waals surface area contributed by atoms with Gasteiger partial charge >= 0.3 is 5.97 Å². The Labute approximate surface area is 192 Å². The minimum absolute atomic E-state index is 0.115. The predicted octanol–water partition coefficient (Wildman–Crippen LogP) is 7.96. The molecule has 8 atom stereocenters. The van der Waals surface area contributed by atoms with E-state index >= 15 is 0 Å². The van der Waals surface area contributed by atoms with Crippen LogP contribution in [0.5, 0.6) is 0 Å². The molecule has 0 saturated heterocycles. The second-order valence-corrected chi connectivity index (χ2v) is 12.8. The maximum atomic E-state index is 11.5. The van der Waals surface area contributed by atoms with Crippen LogP contribution in [0.2, 0.25) is 0 Å². The second kappa shape index (κ2) is 8.86. The highest BCUT2D eigenvalue weighted by Gasteiger charge is 2.59. The Morgan fingerprint density at radius 3 is 2.55 bits per heavy atom. The first-order chi connectivity index (χ1) is 14.6. The van der Waals surface area contributed by atoms with Gasteiger partial charge in [0, 0.05) is 13.3 Å². The average molecular weight is 429 g/mol. The zero-order valence-electron chi connectivity index (χ0n) is 21.2. The van der Waals surface area contributed by atoms with E-state index < -0.39 is 0 Å². The number of rotatable bonds is 6. The lowest BCUT2D eigenvalue weighted by Crippen LogP contribution is -2.51. The number of hydrogen-bond donors (Lipinski definition) is 0.